The molecule has 1 aliphatic rings. The number of methoxy groups -OCH3 is 3. The average Bonchev–Trinajstić information content (AvgIpc) is 2.78. The van der Waals surface area contributed by atoms with Crippen molar-refractivity contribution in [3.05, 3.63) is 47.5 Å². The predicted octanol–water partition coefficient (Wildman–Crippen LogP) is 5.50. The Kier molecular flexibility index (Phi) is 7.54. The van der Waals surface area contributed by atoms with Crippen LogP contribution in [0, 0.1) is 5.92 Å². The summed E-state index contributed by atoms with van der Waals surface area (Å²) in [6.07, 6.45) is 3.07. The Morgan fingerprint density at radius 3 is 2.00 bits per heavy atom. The Morgan fingerprint density at radius 2 is 1.53 bits per heavy atom. The third kappa shape index (κ3) is 5.67. The van der Waals surface area contributed by atoms with E-state index < -0.39 is 0 Å². The van der Waals surface area contributed by atoms with Crippen molar-refractivity contribution in [3.63, 3.8) is 0 Å². The number of urea groups is 1. The van der Waals surface area contributed by atoms with E-state index in [4.69, 9.17) is 14.2 Å². The maximum absolute atomic E-state index is 12.8. The molecule has 6 nitrogen and oxygen atoms in total. The van der Waals surface area contributed by atoms with Crippen LogP contribution >= 0.6 is 0 Å². The van der Waals surface area contributed by atoms with E-state index in [-0.39, 0.29) is 11.4 Å². The summed E-state index contributed by atoms with van der Waals surface area (Å²) in [5.74, 6) is 2.13. The van der Waals surface area contributed by atoms with Crippen molar-refractivity contribution in [3.8, 4) is 17.2 Å². The van der Waals surface area contributed by atoms with Crippen LogP contribution < -0.4 is 19.5 Å². The molecule has 1 saturated heterocycles. The number of benzene rings is 2. The number of likely N-dealkylation sites (tertiary alicyclic amines) is 1. The fourth-order valence-corrected chi connectivity index (χ4v) is 4.17. The molecule has 0 atom stereocenters. The van der Waals surface area contributed by atoms with E-state index in [1.165, 1.54) is 11.1 Å². The van der Waals surface area contributed by atoms with Gasteiger partial charge in [0.05, 0.1) is 27.0 Å². The molecule has 174 valence electrons. The Hall–Kier alpha value is -2.89. The molecule has 32 heavy (non-hydrogen) atoms. The second-order valence-corrected chi connectivity index (χ2v) is 9.43. The number of anilines is 1. The summed E-state index contributed by atoms with van der Waals surface area (Å²) in [4.78, 5) is 14.7. The van der Waals surface area contributed by atoms with Gasteiger partial charge in [0, 0.05) is 25.2 Å². The van der Waals surface area contributed by atoms with Gasteiger partial charge >= 0.3 is 6.03 Å². The maximum Gasteiger partial charge on any atom is 0.321 e. The first-order valence-corrected chi connectivity index (χ1v) is 11.2. The highest BCUT2D eigenvalue weighted by atomic mass is 16.5. The summed E-state index contributed by atoms with van der Waals surface area (Å²) < 4.78 is 16.1. The monoisotopic (exact) mass is 440 g/mol. The lowest BCUT2D eigenvalue weighted by Crippen LogP contribution is -2.41. The van der Waals surface area contributed by atoms with Gasteiger partial charge in [0.2, 0.25) is 5.75 Å². The van der Waals surface area contributed by atoms with E-state index in [0.717, 1.165) is 32.4 Å². The average molecular weight is 441 g/mol. The predicted molar refractivity (Wildman–Crippen MR) is 128 cm³/mol. The molecule has 2 aromatic carbocycles. The summed E-state index contributed by atoms with van der Waals surface area (Å²) in [6, 6.07) is 12.4. The zero-order valence-corrected chi connectivity index (χ0v) is 20.2. The van der Waals surface area contributed by atoms with Crippen molar-refractivity contribution in [2.24, 2.45) is 5.92 Å². The molecule has 1 N–H and O–H groups in total. The third-order valence-electron chi connectivity index (χ3n) is 6.16. The van der Waals surface area contributed by atoms with Gasteiger partial charge in [-0.05, 0) is 41.7 Å². The van der Waals surface area contributed by atoms with Gasteiger partial charge in [-0.25, -0.2) is 4.79 Å². The topological polar surface area (TPSA) is 60.0 Å². The minimum atomic E-state index is -0.104. The van der Waals surface area contributed by atoms with Crippen molar-refractivity contribution in [2.75, 3.05) is 39.7 Å². The first-order chi connectivity index (χ1) is 15.2. The molecule has 1 fully saturated rings. The van der Waals surface area contributed by atoms with E-state index in [1.54, 1.807) is 33.5 Å². The number of nitrogens with zero attached hydrogens (tertiary/aromatic N) is 1. The Labute approximate surface area is 191 Å². The normalized spacial score (nSPS) is 14.8. The van der Waals surface area contributed by atoms with Gasteiger partial charge in [-0.1, -0.05) is 45.0 Å². The van der Waals surface area contributed by atoms with Gasteiger partial charge in [0.25, 0.3) is 0 Å². The molecule has 3 rings (SSSR count). The summed E-state index contributed by atoms with van der Waals surface area (Å²) in [5, 5.41) is 2.97. The minimum Gasteiger partial charge on any atom is -0.493 e. The van der Waals surface area contributed by atoms with Gasteiger partial charge in [-0.2, -0.15) is 0 Å². The highest BCUT2D eigenvalue weighted by Gasteiger charge is 2.24. The number of piperidine rings is 1. The van der Waals surface area contributed by atoms with E-state index in [0.29, 0.717) is 28.9 Å². The molecule has 0 radical (unpaired) electrons. The van der Waals surface area contributed by atoms with Gasteiger partial charge in [-0.3, -0.25) is 0 Å². The lowest BCUT2D eigenvalue weighted by molar-refractivity contribution is 0.182. The smallest absolute Gasteiger partial charge is 0.321 e. The molecular weight excluding hydrogens is 404 g/mol. The van der Waals surface area contributed by atoms with Gasteiger partial charge in [-0.15, -0.1) is 0 Å². The van der Waals surface area contributed by atoms with E-state index >= 15 is 0 Å². The van der Waals surface area contributed by atoms with Crippen LogP contribution in [-0.4, -0.2) is 45.3 Å². The molecular formula is C26H36N2O4. The first kappa shape index (κ1) is 23.8. The molecule has 0 spiro atoms. The summed E-state index contributed by atoms with van der Waals surface area (Å²) >= 11 is 0. The largest absolute Gasteiger partial charge is 0.493 e. The summed E-state index contributed by atoms with van der Waals surface area (Å²) in [6.45, 7) is 8.21. The molecule has 2 amide bonds. The number of hydrogen-bond donors (Lipinski definition) is 1. The highest BCUT2D eigenvalue weighted by molar-refractivity contribution is 5.90. The second kappa shape index (κ2) is 10.2. The molecule has 0 saturated carbocycles. The van der Waals surface area contributed by atoms with E-state index in [1.807, 2.05) is 4.90 Å². The van der Waals surface area contributed by atoms with Crippen LogP contribution in [0.1, 0.15) is 44.7 Å². The zero-order chi connectivity index (χ0) is 23.3. The van der Waals surface area contributed by atoms with Crippen LogP contribution in [0.2, 0.25) is 0 Å². The van der Waals surface area contributed by atoms with E-state index in [9.17, 15) is 4.79 Å². The van der Waals surface area contributed by atoms with Crippen molar-refractivity contribution in [1.29, 1.82) is 0 Å². The molecule has 0 aromatic heterocycles. The van der Waals surface area contributed by atoms with Crippen molar-refractivity contribution in [2.45, 2.75) is 45.4 Å². The zero-order valence-electron chi connectivity index (χ0n) is 20.2. The number of amides is 2. The molecule has 0 aliphatic carbocycles. The fourth-order valence-electron chi connectivity index (χ4n) is 4.17. The molecule has 2 aromatic rings. The Balaban J connectivity index is 1.55. The van der Waals surface area contributed by atoms with Crippen LogP contribution in [0.5, 0.6) is 17.2 Å². The number of hydrogen-bond acceptors (Lipinski definition) is 4. The Morgan fingerprint density at radius 1 is 0.969 bits per heavy atom. The molecule has 6 heteroatoms. The highest BCUT2D eigenvalue weighted by Crippen LogP contribution is 2.40. The van der Waals surface area contributed by atoms with Crippen molar-refractivity contribution in [1.82, 2.24) is 4.90 Å². The number of carbonyl (C=O) groups excluding carboxylic acids is 1. The lowest BCUT2D eigenvalue weighted by Gasteiger charge is -2.32. The SMILES string of the molecule is COc1cc(NC(=O)N2CCC(Cc3ccc(C(C)(C)C)cc3)CC2)cc(OC)c1OC. The Bertz CT molecular complexity index is 885. The third-order valence-corrected chi connectivity index (χ3v) is 6.16. The summed E-state index contributed by atoms with van der Waals surface area (Å²) in [5.41, 5.74) is 3.53. The number of rotatable bonds is 6. The van der Waals surface area contributed by atoms with Crippen LogP contribution in [0.4, 0.5) is 10.5 Å². The first-order valence-electron chi connectivity index (χ1n) is 11.2. The number of ether oxygens (including phenoxy) is 3. The molecule has 0 unspecified atom stereocenters. The minimum absolute atomic E-state index is 0.104. The van der Waals surface area contributed by atoms with Crippen LogP contribution in [0.25, 0.3) is 0 Å². The molecule has 1 heterocycles. The lowest BCUT2D eigenvalue weighted by atomic mass is 9.85. The quantitative estimate of drug-likeness (QED) is 0.645. The second-order valence-electron chi connectivity index (χ2n) is 9.43. The van der Waals surface area contributed by atoms with Gasteiger partial charge in [0.1, 0.15) is 0 Å². The summed E-state index contributed by atoms with van der Waals surface area (Å²) in [7, 11) is 4.68. The standard InChI is InChI=1S/C26H36N2O4/c1-26(2,3)20-9-7-18(8-10-20)15-19-11-13-28(14-12-19)25(29)27-21-16-22(30-4)24(32-6)23(17-21)31-5/h7-10,16-17,19H,11-15H2,1-6H3,(H,27,29). The maximum atomic E-state index is 12.8. The van der Waals surface area contributed by atoms with Crippen molar-refractivity contribution < 1.29 is 19.0 Å². The fraction of sp³-hybridized carbons (Fsp3) is 0.500. The van der Waals surface area contributed by atoms with Crippen molar-refractivity contribution >= 4 is 11.7 Å². The number of nitrogens with one attached hydrogen (secondary N) is 1. The molecule has 1 aliphatic heterocycles. The molecule has 0 bridgehead atoms. The van der Waals surface area contributed by atoms with E-state index in [2.05, 4.69) is 50.4 Å². The van der Waals surface area contributed by atoms with Crippen LogP contribution in [-0.2, 0) is 11.8 Å². The van der Waals surface area contributed by atoms with Crippen LogP contribution in [0.3, 0.4) is 0 Å². The van der Waals surface area contributed by atoms with Gasteiger partial charge in [0.15, 0.2) is 11.5 Å². The van der Waals surface area contributed by atoms with Gasteiger partial charge < -0.3 is 24.4 Å². The van der Waals surface area contributed by atoms with Crippen LogP contribution in [0.15, 0.2) is 36.4 Å². The number of carbonyl (C=O) groups is 1.